The first-order chi connectivity index (χ1) is 13.5. The molecule has 28 heavy (non-hydrogen) atoms. The molecule has 0 heterocycles. The smallest absolute Gasteiger partial charge is 0.227 e. The number of carbonyl (C=O) groups excluding carboxylic acids is 2. The van der Waals surface area contributed by atoms with Crippen molar-refractivity contribution in [2.75, 3.05) is 11.9 Å². The number of hydrogen-bond donors (Lipinski definition) is 2. The van der Waals surface area contributed by atoms with Gasteiger partial charge in [-0.25, -0.2) is 4.39 Å². The molecular weight excluding hydrogens is 359 g/mol. The predicted octanol–water partition coefficient (Wildman–Crippen LogP) is 4.21. The molecule has 1 aliphatic rings. The van der Waals surface area contributed by atoms with Gasteiger partial charge in [0.05, 0.1) is 12.6 Å². The third kappa shape index (κ3) is 5.81. The molecule has 1 unspecified atom stereocenters. The minimum Gasteiger partial charge on any atom is -0.491 e. The number of hydrogen-bond acceptors (Lipinski definition) is 3. The summed E-state index contributed by atoms with van der Waals surface area (Å²) in [7, 11) is 0. The molecule has 0 aromatic heterocycles. The SMILES string of the molecule is CC(NC(=O)CCCOc1ccccc1F)c1ccc(NC(=O)C2CC2)cc1. The molecule has 2 aromatic carbocycles. The maximum absolute atomic E-state index is 13.4. The second-order valence-electron chi connectivity index (χ2n) is 7.06. The van der Waals surface area contributed by atoms with Gasteiger partial charge in [-0.05, 0) is 56.0 Å². The first kappa shape index (κ1) is 19.9. The number of halogens is 1. The lowest BCUT2D eigenvalue weighted by molar-refractivity contribution is -0.122. The zero-order valence-electron chi connectivity index (χ0n) is 15.9. The molecule has 0 radical (unpaired) electrons. The maximum Gasteiger partial charge on any atom is 0.227 e. The minimum atomic E-state index is -0.405. The van der Waals surface area contributed by atoms with Crippen LogP contribution < -0.4 is 15.4 Å². The van der Waals surface area contributed by atoms with Crippen LogP contribution in [0.5, 0.6) is 5.75 Å². The molecule has 6 heteroatoms. The fourth-order valence-electron chi connectivity index (χ4n) is 2.82. The van der Waals surface area contributed by atoms with Crippen LogP contribution in [0.1, 0.15) is 44.2 Å². The van der Waals surface area contributed by atoms with Crippen LogP contribution in [0.25, 0.3) is 0 Å². The van der Waals surface area contributed by atoms with Gasteiger partial charge in [-0.15, -0.1) is 0 Å². The molecule has 2 amide bonds. The molecule has 3 rings (SSSR count). The van der Waals surface area contributed by atoms with Crippen LogP contribution in [0.15, 0.2) is 48.5 Å². The van der Waals surface area contributed by atoms with Crippen LogP contribution in [0.2, 0.25) is 0 Å². The lowest BCUT2D eigenvalue weighted by Gasteiger charge is -2.15. The Bertz CT molecular complexity index is 819. The monoisotopic (exact) mass is 384 g/mol. The van der Waals surface area contributed by atoms with E-state index in [9.17, 15) is 14.0 Å². The van der Waals surface area contributed by atoms with E-state index in [4.69, 9.17) is 4.74 Å². The van der Waals surface area contributed by atoms with Crippen molar-refractivity contribution < 1.29 is 18.7 Å². The highest BCUT2D eigenvalue weighted by Crippen LogP contribution is 2.30. The Morgan fingerprint density at radius 3 is 2.54 bits per heavy atom. The van der Waals surface area contributed by atoms with Crippen LogP contribution in [-0.4, -0.2) is 18.4 Å². The number of ether oxygens (including phenoxy) is 1. The number of rotatable bonds is 9. The third-order valence-corrected chi connectivity index (χ3v) is 4.65. The Balaban J connectivity index is 1.38. The molecule has 1 saturated carbocycles. The summed E-state index contributed by atoms with van der Waals surface area (Å²) in [5, 5.41) is 5.83. The Morgan fingerprint density at radius 2 is 1.86 bits per heavy atom. The zero-order chi connectivity index (χ0) is 19.9. The van der Waals surface area contributed by atoms with Crippen LogP contribution in [0, 0.1) is 11.7 Å². The highest BCUT2D eigenvalue weighted by molar-refractivity contribution is 5.94. The van der Waals surface area contributed by atoms with Gasteiger partial charge in [0.1, 0.15) is 0 Å². The van der Waals surface area contributed by atoms with Crippen molar-refractivity contribution in [2.24, 2.45) is 5.92 Å². The highest BCUT2D eigenvalue weighted by Gasteiger charge is 2.29. The Morgan fingerprint density at radius 1 is 1.14 bits per heavy atom. The molecule has 0 spiro atoms. The number of benzene rings is 2. The quantitative estimate of drug-likeness (QED) is 0.637. The fourth-order valence-corrected chi connectivity index (χ4v) is 2.82. The second kappa shape index (κ2) is 9.35. The summed E-state index contributed by atoms with van der Waals surface area (Å²) in [5.41, 5.74) is 1.73. The van der Waals surface area contributed by atoms with E-state index in [0.717, 1.165) is 24.1 Å². The van der Waals surface area contributed by atoms with Crippen molar-refractivity contribution in [2.45, 2.75) is 38.6 Å². The third-order valence-electron chi connectivity index (χ3n) is 4.65. The van der Waals surface area contributed by atoms with E-state index in [2.05, 4.69) is 10.6 Å². The molecule has 2 N–H and O–H groups in total. The van der Waals surface area contributed by atoms with Gasteiger partial charge in [0, 0.05) is 18.0 Å². The largest absolute Gasteiger partial charge is 0.491 e. The van der Waals surface area contributed by atoms with Crippen molar-refractivity contribution in [3.63, 3.8) is 0 Å². The van der Waals surface area contributed by atoms with Gasteiger partial charge in [0.15, 0.2) is 11.6 Å². The van der Waals surface area contributed by atoms with Gasteiger partial charge >= 0.3 is 0 Å². The van der Waals surface area contributed by atoms with Gasteiger partial charge in [-0.1, -0.05) is 24.3 Å². The molecule has 1 aliphatic carbocycles. The molecule has 1 atom stereocenters. The fraction of sp³-hybridized carbons (Fsp3) is 0.364. The first-order valence-electron chi connectivity index (χ1n) is 9.60. The molecule has 2 aromatic rings. The van der Waals surface area contributed by atoms with Gasteiger partial charge in [0.2, 0.25) is 11.8 Å². The van der Waals surface area contributed by atoms with Crippen LogP contribution in [0.3, 0.4) is 0 Å². The zero-order valence-corrected chi connectivity index (χ0v) is 15.9. The van der Waals surface area contributed by atoms with E-state index in [1.54, 1.807) is 18.2 Å². The van der Waals surface area contributed by atoms with E-state index < -0.39 is 5.82 Å². The molecule has 0 saturated heterocycles. The van der Waals surface area contributed by atoms with Gasteiger partial charge < -0.3 is 15.4 Å². The Kier molecular flexibility index (Phi) is 6.63. The number of carbonyl (C=O) groups is 2. The van der Waals surface area contributed by atoms with Crippen molar-refractivity contribution in [3.05, 3.63) is 59.9 Å². The van der Waals surface area contributed by atoms with Crippen molar-refractivity contribution in [1.82, 2.24) is 5.32 Å². The van der Waals surface area contributed by atoms with E-state index >= 15 is 0 Å². The standard InChI is InChI=1S/C22H25FN2O3/c1-15(16-10-12-18(13-11-16)25-22(27)17-8-9-17)24-21(26)7-4-14-28-20-6-3-2-5-19(20)23/h2-3,5-6,10-13,15,17H,4,7-9,14H2,1H3,(H,24,26)(H,25,27). The molecule has 5 nitrogen and oxygen atoms in total. The van der Waals surface area contributed by atoms with E-state index in [-0.39, 0.29) is 36.1 Å². The van der Waals surface area contributed by atoms with Crippen molar-refractivity contribution >= 4 is 17.5 Å². The second-order valence-corrected chi connectivity index (χ2v) is 7.06. The lowest BCUT2D eigenvalue weighted by Crippen LogP contribution is -2.26. The van der Waals surface area contributed by atoms with Crippen LogP contribution in [-0.2, 0) is 9.59 Å². The van der Waals surface area contributed by atoms with E-state index in [1.165, 1.54) is 6.07 Å². The minimum absolute atomic E-state index is 0.0757. The maximum atomic E-state index is 13.4. The number of anilines is 1. The van der Waals surface area contributed by atoms with E-state index in [1.807, 2.05) is 31.2 Å². The number of amides is 2. The number of para-hydroxylation sites is 1. The van der Waals surface area contributed by atoms with Crippen LogP contribution in [0.4, 0.5) is 10.1 Å². The summed E-state index contributed by atoms with van der Waals surface area (Å²) in [6, 6.07) is 13.6. The summed E-state index contributed by atoms with van der Waals surface area (Å²) in [5.74, 6) is -0.0508. The van der Waals surface area contributed by atoms with Gasteiger partial charge in [0.25, 0.3) is 0 Å². The molecule has 148 valence electrons. The Labute approximate surface area is 164 Å². The average Bonchev–Trinajstić information content (AvgIpc) is 3.52. The predicted molar refractivity (Wildman–Crippen MR) is 105 cm³/mol. The van der Waals surface area contributed by atoms with E-state index in [0.29, 0.717) is 12.8 Å². The summed E-state index contributed by atoms with van der Waals surface area (Å²) >= 11 is 0. The van der Waals surface area contributed by atoms with Crippen molar-refractivity contribution in [3.8, 4) is 5.75 Å². The lowest BCUT2D eigenvalue weighted by atomic mass is 10.1. The number of nitrogens with one attached hydrogen (secondary N) is 2. The molecule has 0 aliphatic heterocycles. The van der Waals surface area contributed by atoms with Crippen molar-refractivity contribution in [1.29, 1.82) is 0 Å². The molecular formula is C22H25FN2O3. The molecule has 0 bridgehead atoms. The van der Waals surface area contributed by atoms with Gasteiger partial charge in [-0.2, -0.15) is 0 Å². The normalized spacial score (nSPS) is 14.2. The topological polar surface area (TPSA) is 67.4 Å². The summed E-state index contributed by atoms with van der Waals surface area (Å²) in [6.07, 6.45) is 2.74. The summed E-state index contributed by atoms with van der Waals surface area (Å²) in [4.78, 5) is 23.9. The average molecular weight is 384 g/mol. The summed E-state index contributed by atoms with van der Waals surface area (Å²) in [6.45, 7) is 2.18. The van der Waals surface area contributed by atoms with Gasteiger partial charge in [-0.3, -0.25) is 9.59 Å². The van der Waals surface area contributed by atoms with Crippen LogP contribution >= 0.6 is 0 Å². The highest BCUT2D eigenvalue weighted by atomic mass is 19.1. The molecule has 1 fully saturated rings. The first-order valence-corrected chi connectivity index (χ1v) is 9.60. The Hall–Kier alpha value is -2.89. The summed E-state index contributed by atoms with van der Waals surface area (Å²) < 4.78 is 18.8.